The number of nitrogens with zero attached hydrogens (tertiary/aromatic N) is 2. The lowest BCUT2D eigenvalue weighted by atomic mass is 10.1. The van der Waals surface area contributed by atoms with Gasteiger partial charge in [0.05, 0.1) is 0 Å². The molecule has 2 heterocycles. The highest BCUT2D eigenvalue weighted by atomic mass is 16.3. The molecule has 2 aliphatic rings. The molecule has 2 unspecified atom stereocenters. The summed E-state index contributed by atoms with van der Waals surface area (Å²) < 4.78 is 0. The van der Waals surface area contributed by atoms with Gasteiger partial charge in [-0.3, -0.25) is 14.7 Å². The van der Waals surface area contributed by atoms with Gasteiger partial charge in [0.1, 0.15) is 6.10 Å². The number of hydrogen-bond donors (Lipinski definition) is 2. The van der Waals surface area contributed by atoms with Crippen molar-refractivity contribution in [2.24, 2.45) is 4.99 Å². The molecule has 0 aliphatic carbocycles. The zero-order valence-electron chi connectivity index (χ0n) is 12.5. The van der Waals surface area contributed by atoms with E-state index in [-0.39, 0.29) is 5.91 Å². The second kappa shape index (κ2) is 6.85. The van der Waals surface area contributed by atoms with Crippen molar-refractivity contribution in [3.63, 3.8) is 0 Å². The maximum Gasteiger partial charge on any atom is 0.248 e. The minimum absolute atomic E-state index is 0.252. The predicted octanol–water partition coefficient (Wildman–Crippen LogP) is 0.879. The number of benzene rings is 1. The summed E-state index contributed by atoms with van der Waals surface area (Å²) in [6.07, 6.45) is 5.22. The summed E-state index contributed by atoms with van der Waals surface area (Å²) in [5, 5.41) is 12.5. The van der Waals surface area contributed by atoms with Crippen molar-refractivity contribution in [2.75, 3.05) is 13.1 Å². The standard InChI is InChI=1S/C17H21N3O2/c21-15-3-1-8-18-16(15)17(22)19-11-13-4-6-14(7-5-13)12-20-9-2-10-20/h1,3-8,15-16,21H,2,9-12H2,(H,19,22). The van der Waals surface area contributed by atoms with Crippen molar-refractivity contribution in [3.8, 4) is 0 Å². The molecule has 0 saturated carbocycles. The first kappa shape index (κ1) is 14.9. The molecule has 5 heteroatoms. The van der Waals surface area contributed by atoms with Gasteiger partial charge in [0.25, 0.3) is 0 Å². The van der Waals surface area contributed by atoms with Crippen molar-refractivity contribution >= 4 is 12.1 Å². The molecular weight excluding hydrogens is 278 g/mol. The van der Waals surface area contributed by atoms with Crippen LogP contribution in [0.2, 0.25) is 0 Å². The molecule has 1 fully saturated rings. The van der Waals surface area contributed by atoms with Gasteiger partial charge in [-0.1, -0.05) is 30.3 Å². The Morgan fingerprint density at radius 2 is 2.00 bits per heavy atom. The second-order valence-electron chi connectivity index (χ2n) is 5.78. The van der Waals surface area contributed by atoms with E-state index in [0.717, 1.165) is 12.1 Å². The van der Waals surface area contributed by atoms with E-state index in [2.05, 4.69) is 27.3 Å². The smallest absolute Gasteiger partial charge is 0.248 e. The molecule has 0 spiro atoms. The lowest BCUT2D eigenvalue weighted by Gasteiger charge is -2.30. The maximum absolute atomic E-state index is 12.0. The molecule has 0 bridgehead atoms. The fraction of sp³-hybridized carbons (Fsp3) is 0.412. The number of likely N-dealkylation sites (tertiary alicyclic amines) is 1. The van der Waals surface area contributed by atoms with Crippen LogP contribution in [0.5, 0.6) is 0 Å². The molecule has 5 nitrogen and oxygen atoms in total. The lowest BCUT2D eigenvalue weighted by Crippen LogP contribution is -2.41. The highest BCUT2D eigenvalue weighted by Crippen LogP contribution is 2.13. The fourth-order valence-electron chi connectivity index (χ4n) is 2.58. The van der Waals surface area contributed by atoms with E-state index in [0.29, 0.717) is 6.54 Å². The largest absolute Gasteiger partial charge is 0.386 e. The second-order valence-corrected chi connectivity index (χ2v) is 5.78. The minimum Gasteiger partial charge on any atom is -0.386 e. The Morgan fingerprint density at radius 3 is 2.64 bits per heavy atom. The van der Waals surface area contributed by atoms with Crippen molar-refractivity contribution in [1.29, 1.82) is 0 Å². The normalized spacial score (nSPS) is 24.0. The molecule has 22 heavy (non-hydrogen) atoms. The highest BCUT2D eigenvalue weighted by Gasteiger charge is 2.24. The Balaban J connectivity index is 1.49. The number of aliphatic imine (C=N–C) groups is 1. The quantitative estimate of drug-likeness (QED) is 0.848. The number of aliphatic hydroxyl groups excluding tert-OH is 1. The van der Waals surface area contributed by atoms with Crippen molar-refractivity contribution < 1.29 is 9.90 Å². The van der Waals surface area contributed by atoms with Crippen LogP contribution in [0.4, 0.5) is 0 Å². The zero-order chi connectivity index (χ0) is 15.4. The molecule has 1 aromatic carbocycles. The van der Waals surface area contributed by atoms with Gasteiger partial charge in [0.2, 0.25) is 5.91 Å². The van der Waals surface area contributed by atoms with E-state index in [1.807, 2.05) is 12.1 Å². The lowest BCUT2D eigenvalue weighted by molar-refractivity contribution is -0.124. The molecule has 1 amide bonds. The van der Waals surface area contributed by atoms with Gasteiger partial charge in [-0.2, -0.15) is 0 Å². The number of hydrogen-bond acceptors (Lipinski definition) is 4. The summed E-state index contributed by atoms with van der Waals surface area (Å²) in [6.45, 7) is 3.83. The van der Waals surface area contributed by atoms with E-state index in [1.165, 1.54) is 25.1 Å². The van der Waals surface area contributed by atoms with Crippen molar-refractivity contribution in [3.05, 3.63) is 47.5 Å². The van der Waals surface area contributed by atoms with Gasteiger partial charge >= 0.3 is 0 Å². The number of aliphatic hydroxyl groups is 1. The van der Waals surface area contributed by atoms with Crippen LogP contribution in [0, 0.1) is 0 Å². The highest BCUT2D eigenvalue weighted by molar-refractivity contribution is 5.87. The molecule has 1 saturated heterocycles. The molecule has 2 N–H and O–H groups in total. The first-order valence-corrected chi connectivity index (χ1v) is 7.68. The van der Waals surface area contributed by atoms with Gasteiger partial charge in [0.15, 0.2) is 6.04 Å². The van der Waals surface area contributed by atoms with E-state index in [1.54, 1.807) is 18.4 Å². The first-order chi connectivity index (χ1) is 10.7. The van der Waals surface area contributed by atoms with Crippen LogP contribution in [0.1, 0.15) is 17.5 Å². The molecule has 3 rings (SSSR count). The molecule has 116 valence electrons. The third kappa shape index (κ3) is 3.61. The van der Waals surface area contributed by atoms with Crippen LogP contribution in [0.15, 0.2) is 41.4 Å². The Hall–Kier alpha value is -1.98. The van der Waals surface area contributed by atoms with Gasteiger partial charge in [-0.15, -0.1) is 0 Å². The van der Waals surface area contributed by atoms with E-state index < -0.39 is 12.1 Å². The van der Waals surface area contributed by atoms with Gasteiger partial charge < -0.3 is 10.4 Å². The summed E-state index contributed by atoms with van der Waals surface area (Å²) in [4.78, 5) is 18.4. The van der Waals surface area contributed by atoms with E-state index in [9.17, 15) is 9.90 Å². The maximum atomic E-state index is 12.0. The number of dihydropyridines is 1. The Labute approximate surface area is 130 Å². The summed E-state index contributed by atoms with van der Waals surface area (Å²) in [5.41, 5.74) is 2.35. The number of carbonyl (C=O) groups is 1. The summed E-state index contributed by atoms with van der Waals surface area (Å²) in [5.74, 6) is -0.252. The average Bonchev–Trinajstić information content (AvgIpc) is 2.50. The van der Waals surface area contributed by atoms with Crippen LogP contribution in [-0.4, -0.2) is 47.4 Å². The predicted molar refractivity (Wildman–Crippen MR) is 85.6 cm³/mol. The average molecular weight is 299 g/mol. The van der Waals surface area contributed by atoms with Gasteiger partial charge in [-0.05, 0) is 36.7 Å². The van der Waals surface area contributed by atoms with E-state index >= 15 is 0 Å². The fourth-order valence-corrected chi connectivity index (χ4v) is 2.58. The summed E-state index contributed by atoms with van der Waals surface area (Å²) >= 11 is 0. The number of allylic oxidation sites excluding steroid dienone is 1. The third-order valence-electron chi connectivity index (χ3n) is 4.08. The number of nitrogens with one attached hydrogen (secondary N) is 1. The first-order valence-electron chi connectivity index (χ1n) is 7.68. The molecule has 0 radical (unpaired) electrons. The topological polar surface area (TPSA) is 64.9 Å². The Morgan fingerprint density at radius 1 is 1.27 bits per heavy atom. The van der Waals surface area contributed by atoms with Crippen LogP contribution >= 0.6 is 0 Å². The minimum atomic E-state index is -0.844. The van der Waals surface area contributed by atoms with Gasteiger partial charge in [0, 0.05) is 19.3 Å². The molecule has 0 aromatic heterocycles. The SMILES string of the molecule is O=C(NCc1ccc(CN2CCC2)cc1)C1N=CC=CC1O. The summed E-state index contributed by atoms with van der Waals surface area (Å²) in [7, 11) is 0. The monoisotopic (exact) mass is 299 g/mol. The van der Waals surface area contributed by atoms with Crippen LogP contribution in [-0.2, 0) is 17.9 Å². The molecule has 2 aliphatic heterocycles. The number of carbonyl (C=O) groups excluding carboxylic acids is 1. The van der Waals surface area contributed by atoms with Crippen molar-refractivity contribution in [1.82, 2.24) is 10.2 Å². The van der Waals surface area contributed by atoms with E-state index in [4.69, 9.17) is 0 Å². The molecular formula is C17H21N3O2. The zero-order valence-corrected chi connectivity index (χ0v) is 12.5. The summed E-state index contributed by atoms with van der Waals surface area (Å²) in [6, 6.07) is 7.55. The molecule has 1 aromatic rings. The van der Waals surface area contributed by atoms with Crippen LogP contribution < -0.4 is 5.32 Å². The Bertz CT molecular complexity index is 576. The number of amides is 1. The third-order valence-corrected chi connectivity index (χ3v) is 4.08. The van der Waals surface area contributed by atoms with Crippen LogP contribution in [0.25, 0.3) is 0 Å². The molecule has 2 atom stereocenters. The van der Waals surface area contributed by atoms with Gasteiger partial charge in [-0.25, -0.2) is 0 Å². The Kier molecular flexibility index (Phi) is 4.65. The number of rotatable bonds is 5. The van der Waals surface area contributed by atoms with Crippen molar-refractivity contribution in [2.45, 2.75) is 31.7 Å². The van der Waals surface area contributed by atoms with Crippen LogP contribution in [0.3, 0.4) is 0 Å².